The molecule has 2 aliphatic rings. The van der Waals surface area contributed by atoms with Gasteiger partial charge in [-0.05, 0) is 31.0 Å². The van der Waals surface area contributed by atoms with Gasteiger partial charge in [-0.1, -0.05) is 41.9 Å². The summed E-state index contributed by atoms with van der Waals surface area (Å²) in [6, 6.07) is 13.6. The van der Waals surface area contributed by atoms with E-state index < -0.39 is 17.7 Å². The lowest BCUT2D eigenvalue weighted by Gasteiger charge is -2.27. The normalized spacial score (nSPS) is 23.2. The van der Waals surface area contributed by atoms with Gasteiger partial charge in [0.1, 0.15) is 5.76 Å². The van der Waals surface area contributed by atoms with Crippen LogP contribution in [0.5, 0.6) is 0 Å². The van der Waals surface area contributed by atoms with Crippen molar-refractivity contribution in [1.29, 1.82) is 0 Å². The highest BCUT2D eigenvalue weighted by Crippen LogP contribution is 2.42. The van der Waals surface area contributed by atoms with Crippen LogP contribution in [0.3, 0.4) is 0 Å². The summed E-state index contributed by atoms with van der Waals surface area (Å²) in [5, 5.41) is 12.5. The molecule has 158 valence electrons. The number of aromatic amines is 1. The Hall–Kier alpha value is -3.09. The molecular formula is C24H21ClN2O4. The summed E-state index contributed by atoms with van der Waals surface area (Å²) in [6.07, 6.45) is 3.43. The number of aromatic nitrogens is 1. The average molecular weight is 437 g/mol. The van der Waals surface area contributed by atoms with Crippen LogP contribution in [-0.4, -0.2) is 45.9 Å². The number of hydrogen-bond acceptors (Lipinski definition) is 4. The molecule has 0 radical (unpaired) electrons. The summed E-state index contributed by atoms with van der Waals surface area (Å²) in [4.78, 5) is 31.0. The molecule has 31 heavy (non-hydrogen) atoms. The van der Waals surface area contributed by atoms with E-state index in [1.54, 1.807) is 30.5 Å². The number of hydrogen-bond donors (Lipinski definition) is 2. The molecule has 7 heteroatoms. The first kappa shape index (κ1) is 19.8. The van der Waals surface area contributed by atoms with Crippen LogP contribution in [0.1, 0.15) is 30.0 Å². The molecule has 2 aromatic carbocycles. The molecule has 3 heterocycles. The van der Waals surface area contributed by atoms with Crippen molar-refractivity contribution in [3.63, 3.8) is 0 Å². The molecule has 2 N–H and O–H groups in total. The van der Waals surface area contributed by atoms with E-state index in [0.29, 0.717) is 23.7 Å². The van der Waals surface area contributed by atoms with Crippen LogP contribution < -0.4 is 0 Å². The Balaban J connectivity index is 1.69. The Labute approximate surface area is 184 Å². The minimum atomic E-state index is -0.723. The third-order valence-corrected chi connectivity index (χ3v) is 6.21. The second-order valence-corrected chi connectivity index (χ2v) is 8.32. The molecule has 2 atom stereocenters. The summed E-state index contributed by atoms with van der Waals surface area (Å²) in [7, 11) is 0. The van der Waals surface area contributed by atoms with Gasteiger partial charge in [-0.15, -0.1) is 0 Å². The topological polar surface area (TPSA) is 82.6 Å². The van der Waals surface area contributed by atoms with E-state index in [4.69, 9.17) is 16.3 Å². The quantitative estimate of drug-likeness (QED) is 0.360. The number of nitrogens with zero attached hydrogens (tertiary/aromatic N) is 1. The van der Waals surface area contributed by atoms with Gasteiger partial charge < -0.3 is 19.7 Å². The molecule has 2 fully saturated rings. The molecule has 0 saturated carbocycles. The van der Waals surface area contributed by atoms with Crippen molar-refractivity contribution in [3.05, 3.63) is 76.5 Å². The number of Topliss-reactive ketones (excluding diaryl/α,β-unsaturated/α-hetero) is 1. The van der Waals surface area contributed by atoms with Gasteiger partial charge in [-0.2, -0.15) is 0 Å². The van der Waals surface area contributed by atoms with Crippen LogP contribution in [0.25, 0.3) is 16.7 Å². The number of likely N-dealkylation sites (tertiary alicyclic amines) is 1. The fourth-order valence-electron chi connectivity index (χ4n) is 4.51. The van der Waals surface area contributed by atoms with Crippen LogP contribution in [-0.2, 0) is 14.3 Å². The summed E-state index contributed by atoms with van der Waals surface area (Å²) in [5.74, 6) is -1.56. The molecule has 2 saturated heterocycles. The number of rotatable bonds is 4. The number of carbonyl (C=O) groups excluding carboxylic acids is 2. The highest BCUT2D eigenvalue weighted by Gasteiger charge is 2.47. The zero-order valence-corrected chi connectivity index (χ0v) is 17.4. The maximum absolute atomic E-state index is 13.1. The average Bonchev–Trinajstić information content (AvgIpc) is 3.49. The maximum Gasteiger partial charge on any atom is 0.295 e. The Kier molecular flexibility index (Phi) is 5.04. The maximum atomic E-state index is 13.1. The van der Waals surface area contributed by atoms with Crippen molar-refractivity contribution in [1.82, 2.24) is 9.88 Å². The standard InChI is InChI=1S/C24H21ClN2O4/c25-15-6-3-5-14(11-15)22(28)20-21(18-12-26-19-9-2-1-8-17(18)19)27(24(30)23(20)29)13-16-7-4-10-31-16/h1-3,5-6,8-9,11-12,16,21,26,28H,4,7,10,13H2/b22-20+. The van der Waals surface area contributed by atoms with Gasteiger partial charge >= 0.3 is 0 Å². The summed E-state index contributed by atoms with van der Waals surface area (Å²) in [6.45, 7) is 0.940. The van der Waals surface area contributed by atoms with Gasteiger partial charge in [-0.3, -0.25) is 9.59 Å². The van der Waals surface area contributed by atoms with E-state index in [-0.39, 0.29) is 17.4 Å². The summed E-state index contributed by atoms with van der Waals surface area (Å²) < 4.78 is 5.74. The molecule has 6 nitrogen and oxygen atoms in total. The fourth-order valence-corrected chi connectivity index (χ4v) is 4.70. The van der Waals surface area contributed by atoms with Gasteiger partial charge in [0.25, 0.3) is 11.7 Å². The first-order valence-corrected chi connectivity index (χ1v) is 10.6. The molecule has 5 rings (SSSR count). The molecule has 2 aliphatic heterocycles. The van der Waals surface area contributed by atoms with Gasteiger partial charge in [-0.25, -0.2) is 0 Å². The van der Waals surface area contributed by atoms with Crippen molar-refractivity contribution in [3.8, 4) is 0 Å². The summed E-state index contributed by atoms with van der Waals surface area (Å²) in [5.41, 5.74) is 2.11. The highest BCUT2D eigenvalue weighted by atomic mass is 35.5. The number of aliphatic hydroxyl groups excluding tert-OH is 1. The monoisotopic (exact) mass is 436 g/mol. The molecule has 0 spiro atoms. The number of benzene rings is 2. The predicted octanol–water partition coefficient (Wildman–Crippen LogP) is 4.42. The lowest BCUT2D eigenvalue weighted by atomic mass is 9.95. The Bertz CT molecular complexity index is 1210. The number of amides is 1. The zero-order valence-electron chi connectivity index (χ0n) is 16.7. The second kappa shape index (κ2) is 7.87. The van der Waals surface area contributed by atoms with Gasteiger partial charge in [0, 0.05) is 46.4 Å². The van der Waals surface area contributed by atoms with E-state index in [0.717, 1.165) is 29.3 Å². The van der Waals surface area contributed by atoms with Crippen molar-refractivity contribution < 1.29 is 19.4 Å². The number of nitrogens with one attached hydrogen (secondary N) is 1. The van der Waals surface area contributed by atoms with Gasteiger partial charge in [0.2, 0.25) is 0 Å². The van der Waals surface area contributed by atoms with Crippen molar-refractivity contribution in [2.45, 2.75) is 25.0 Å². The third kappa shape index (κ3) is 3.42. The van der Waals surface area contributed by atoms with Crippen molar-refractivity contribution >= 4 is 40.0 Å². The minimum absolute atomic E-state index is 0.0648. The van der Waals surface area contributed by atoms with Crippen LogP contribution >= 0.6 is 11.6 Å². The number of carbonyl (C=O) groups is 2. The van der Waals surface area contributed by atoms with Crippen LogP contribution in [0.15, 0.2) is 60.3 Å². The van der Waals surface area contributed by atoms with Crippen molar-refractivity contribution in [2.75, 3.05) is 13.2 Å². The lowest BCUT2D eigenvalue weighted by molar-refractivity contribution is -0.140. The number of ketones is 1. The van der Waals surface area contributed by atoms with E-state index in [2.05, 4.69) is 4.98 Å². The fraction of sp³-hybridized carbons (Fsp3) is 0.250. The SMILES string of the molecule is O=C1C(=O)N(CC2CCCO2)C(c2c[nH]c3ccccc23)/C1=C(\O)c1cccc(Cl)c1. The number of para-hydroxylation sites is 1. The highest BCUT2D eigenvalue weighted by molar-refractivity contribution is 6.46. The van der Waals surface area contributed by atoms with Crippen molar-refractivity contribution in [2.24, 2.45) is 0 Å². The molecule has 1 amide bonds. The van der Waals surface area contributed by atoms with Crippen LogP contribution in [0.2, 0.25) is 5.02 Å². The van der Waals surface area contributed by atoms with E-state index in [1.807, 2.05) is 24.3 Å². The number of fused-ring (bicyclic) bond motifs is 1. The molecular weight excluding hydrogens is 416 g/mol. The number of aliphatic hydroxyl groups is 1. The number of H-pyrrole nitrogens is 1. The third-order valence-electron chi connectivity index (χ3n) is 5.98. The van der Waals surface area contributed by atoms with Crippen LogP contribution in [0, 0.1) is 0 Å². The smallest absolute Gasteiger partial charge is 0.295 e. The van der Waals surface area contributed by atoms with E-state index in [1.165, 1.54) is 4.90 Å². The summed E-state index contributed by atoms with van der Waals surface area (Å²) >= 11 is 6.10. The molecule has 0 bridgehead atoms. The molecule has 2 unspecified atom stereocenters. The Morgan fingerprint density at radius 1 is 1.19 bits per heavy atom. The second-order valence-electron chi connectivity index (χ2n) is 7.89. The Morgan fingerprint density at radius 2 is 2.03 bits per heavy atom. The number of ether oxygens (including phenoxy) is 1. The Morgan fingerprint density at radius 3 is 2.81 bits per heavy atom. The van der Waals surface area contributed by atoms with Crippen LogP contribution in [0.4, 0.5) is 0 Å². The molecule has 0 aliphatic carbocycles. The first-order valence-electron chi connectivity index (χ1n) is 10.3. The molecule has 1 aromatic heterocycles. The number of halogens is 1. The molecule has 3 aromatic rings. The van der Waals surface area contributed by atoms with Gasteiger partial charge in [0.15, 0.2) is 0 Å². The van der Waals surface area contributed by atoms with E-state index in [9.17, 15) is 14.7 Å². The zero-order chi connectivity index (χ0) is 21.5. The van der Waals surface area contributed by atoms with E-state index >= 15 is 0 Å². The minimum Gasteiger partial charge on any atom is -0.507 e. The predicted molar refractivity (Wildman–Crippen MR) is 118 cm³/mol. The largest absolute Gasteiger partial charge is 0.507 e. The first-order chi connectivity index (χ1) is 15.0. The van der Waals surface area contributed by atoms with Gasteiger partial charge in [0.05, 0.1) is 17.7 Å². The lowest BCUT2D eigenvalue weighted by Crippen LogP contribution is -2.36.